The summed E-state index contributed by atoms with van der Waals surface area (Å²) in [6, 6.07) is 2.19. The van der Waals surface area contributed by atoms with Crippen LogP contribution in [0.15, 0.2) is 23.3 Å². The number of β-amino-alcohol motifs (C(OH)–C–C–N with tert-alkyl or cyclic N) is 1. The number of hydrogen-bond donors (Lipinski definition) is 2. The van der Waals surface area contributed by atoms with Crippen molar-refractivity contribution in [3.8, 4) is 0 Å². The van der Waals surface area contributed by atoms with Crippen molar-refractivity contribution in [2.75, 3.05) is 18.0 Å². The Kier molecular flexibility index (Phi) is 4.15. The smallest absolute Gasteiger partial charge is 0.270 e. The molecular weight excluding hydrogens is 326 g/mol. The van der Waals surface area contributed by atoms with Crippen LogP contribution in [0.5, 0.6) is 0 Å². The minimum absolute atomic E-state index is 0.103. The molecule has 24 heavy (non-hydrogen) atoms. The molecule has 7 nitrogen and oxygen atoms in total. The molecule has 0 aromatic carbocycles. The minimum Gasteiger partial charge on any atom is -0.391 e. The quantitative estimate of drug-likeness (QED) is 0.865. The van der Waals surface area contributed by atoms with E-state index in [1.165, 1.54) is 11.3 Å². The van der Waals surface area contributed by atoms with Crippen molar-refractivity contribution in [3.63, 3.8) is 0 Å². The molecule has 1 saturated heterocycles. The first-order valence-electron chi connectivity index (χ1n) is 8.13. The average Bonchev–Trinajstić information content (AvgIpc) is 3.22. The van der Waals surface area contributed by atoms with Crippen molar-refractivity contribution in [3.05, 3.63) is 34.7 Å². The first-order chi connectivity index (χ1) is 11.7. The van der Waals surface area contributed by atoms with E-state index in [2.05, 4.69) is 25.2 Å². The van der Waals surface area contributed by atoms with Crippen LogP contribution in [0, 0.1) is 0 Å². The predicted molar refractivity (Wildman–Crippen MR) is 90.2 cm³/mol. The molecule has 1 atom stereocenters. The van der Waals surface area contributed by atoms with E-state index in [4.69, 9.17) is 0 Å². The zero-order chi connectivity index (χ0) is 16.5. The Balaban J connectivity index is 1.34. The highest BCUT2D eigenvalue weighted by molar-refractivity contribution is 7.07. The van der Waals surface area contributed by atoms with Crippen LogP contribution in [0.2, 0.25) is 0 Å². The van der Waals surface area contributed by atoms with Crippen LogP contribution >= 0.6 is 11.3 Å². The van der Waals surface area contributed by atoms with E-state index in [0.717, 1.165) is 37.3 Å². The number of aliphatic hydroxyl groups is 1. The Labute approximate surface area is 143 Å². The van der Waals surface area contributed by atoms with Crippen molar-refractivity contribution in [1.29, 1.82) is 0 Å². The highest BCUT2D eigenvalue weighted by Gasteiger charge is 2.33. The predicted octanol–water partition coefficient (Wildman–Crippen LogP) is 1.18. The molecule has 3 heterocycles. The maximum atomic E-state index is 12.0. The molecular formula is C16H19N5O2S. The van der Waals surface area contributed by atoms with E-state index in [1.807, 2.05) is 6.07 Å². The highest BCUT2D eigenvalue weighted by atomic mass is 32.1. The summed E-state index contributed by atoms with van der Waals surface area (Å²) >= 11 is 1.42. The van der Waals surface area contributed by atoms with Gasteiger partial charge in [-0.2, -0.15) is 0 Å². The molecule has 2 fully saturated rings. The van der Waals surface area contributed by atoms with Gasteiger partial charge in [-0.3, -0.25) is 4.79 Å². The Morgan fingerprint density at radius 1 is 1.33 bits per heavy atom. The van der Waals surface area contributed by atoms with Crippen LogP contribution in [-0.4, -0.2) is 51.2 Å². The van der Waals surface area contributed by atoms with Gasteiger partial charge in [0.25, 0.3) is 5.91 Å². The van der Waals surface area contributed by atoms with Gasteiger partial charge < -0.3 is 15.3 Å². The SMILES string of the molecule is O=C(NC1CC(c2cc(N3CC[C@@H](O)C3)ncn2)C1)c1cscn1. The zero-order valence-electron chi connectivity index (χ0n) is 13.1. The van der Waals surface area contributed by atoms with Gasteiger partial charge in [0.15, 0.2) is 0 Å². The van der Waals surface area contributed by atoms with Gasteiger partial charge in [0.1, 0.15) is 17.8 Å². The monoisotopic (exact) mass is 345 g/mol. The number of amides is 1. The number of aromatic nitrogens is 3. The van der Waals surface area contributed by atoms with E-state index >= 15 is 0 Å². The molecule has 0 spiro atoms. The summed E-state index contributed by atoms with van der Waals surface area (Å²) in [7, 11) is 0. The molecule has 126 valence electrons. The van der Waals surface area contributed by atoms with Crippen LogP contribution in [0.1, 0.15) is 41.4 Å². The largest absolute Gasteiger partial charge is 0.391 e. The molecule has 2 N–H and O–H groups in total. The van der Waals surface area contributed by atoms with E-state index < -0.39 is 0 Å². The van der Waals surface area contributed by atoms with Gasteiger partial charge in [0.05, 0.1) is 11.6 Å². The summed E-state index contributed by atoms with van der Waals surface area (Å²) < 4.78 is 0. The maximum Gasteiger partial charge on any atom is 0.270 e. The lowest BCUT2D eigenvalue weighted by molar-refractivity contribution is 0.0904. The second-order valence-corrected chi connectivity index (χ2v) is 7.12. The number of carbonyl (C=O) groups excluding carboxylic acids is 1. The number of aliphatic hydroxyl groups excluding tert-OH is 1. The number of anilines is 1. The normalized spacial score (nSPS) is 26.2. The van der Waals surface area contributed by atoms with Gasteiger partial charge in [-0.25, -0.2) is 15.0 Å². The summed E-state index contributed by atoms with van der Waals surface area (Å²) in [5.74, 6) is 1.13. The number of nitrogens with zero attached hydrogens (tertiary/aromatic N) is 4. The Morgan fingerprint density at radius 2 is 2.21 bits per heavy atom. The molecule has 2 aromatic heterocycles. The average molecular weight is 345 g/mol. The first-order valence-corrected chi connectivity index (χ1v) is 9.07. The molecule has 0 unspecified atom stereocenters. The van der Waals surface area contributed by atoms with Gasteiger partial charge in [0.2, 0.25) is 0 Å². The molecule has 2 aromatic rings. The van der Waals surface area contributed by atoms with Crippen LogP contribution in [0.3, 0.4) is 0 Å². The molecule has 1 aliphatic carbocycles. The zero-order valence-corrected chi connectivity index (χ0v) is 13.9. The van der Waals surface area contributed by atoms with E-state index in [1.54, 1.807) is 17.2 Å². The number of nitrogens with one attached hydrogen (secondary N) is 1. The molecule has 0 radical (unpaired) electrons. The first kappa shape index (κ1) is 15.5. The number of rotatable bonds is 4. The van der Waals surface area contributed by atoms with Crippen molar-refractivity contribution in [1.82, 2.24) is 20.3 Å². The Bertz CT molecular complexity index is 717. The fourth-order valence-corrected chi connectivity index (χ4v) is 3.80. The van der Waals surface area contributed by atoms with Crippen LogP contribution in [0.4, 0.5) is 5.82 Å². The molecule has 8 heteroatoms. The molecule has 1 amide bonds. The standard InChI is InChI=1S/C16H19N5O2S/c22-12-1-2-21(6-12)15-5-13(17-8-18-15)10-3-11(4-10)20-16(23)14-7-24-9-19-14/h5,7-12,22H,1-4,6H2,(H,20,23)/t10?,11?,12-/m1/s1. The third kappa shape index (κ3) is 3.11. The minimum atomic E-state index is -0.266. The van der Waals surface area contributed by atoms with Crippen molar-refractivity contribution in [2.45, 2.75) is 37.3 Å². The second-order valence-electron chi connectivity index (χ2n) is 6.40. The number of hydrogen-bond acceptors (Lipinski definition) is 7. The Hall–Kier alpha value is -2.06. The fourth-order valence-electron chi connectivity index (χ4n) is 3.27. The van der Waals surface area contributed by atoms with Crippen LogP contribution in [0.25, 0.3) is 0 Å². The number of thiazole rings is 1. The number of carbonyl (C=O) groups is 1. The van der Waals surface area contributed by atoms with Gasteiger partial charge >= 0.3 is 0 Å². The summed E-state index contributed by atoms with van der Waals surface area (Å²) in [5.41, 5.74) is 3.16. The van der Waals surface area contributed by atoms with Gasteiger partial charge in [0, 0.05) is 42.2 Å². The highest BCUT2D eigenvalue weighted by Crippen LogP contribution is 2.37. The molecule has 2 aliphatic rings. The van der Waals surface area contributed by atoms with E-state index in [-0.39, 0.29) is 18.1 Å². The van der Waals surface area contributed by atoms with Gasteiger partial charge in [-0.1, -0.05) is 0 Å². The topological polar surface area (TPSA) is 91.2 Å². The molecule has 1 aliphatic heterocycles. The van der Waals surface area contributed by atoms with Crippen molar-refractivity contribution < 1.29 is 9.90 Å². The molecule has 4 rings (SSSR count). The Morgan fingerprint density at radius 3 is 2.92 bits per heavy atom. The lowest BCUT2D eigenvalue weighted by Crippen LogP contribution is -2.43. The third-order valence-corrected chi connectivity index (χ3v) is 5.30. The lowest BCUT2D eigenvalue weighted by atomic mass is 9.78. The van der Waals surface area contributed by atoms with Crippen LogP contribution < -0.4 is 10.2 Å². The van der Waals surface area contributed by atoms with Crippen molar-refractivity contribution >= 4 is 23.1 Å². The molecule has 1 saturated carbocycles. The van der Waals surface area contributed by atoms with Crippen molar-refractivity contribution in [2.24, 2.45) is 0 Å². The molecule has 0 bridgehead atoms. The summed E-state index contributed by atoms with van der Waals surface area (Å²) in [6.45, 7) is 1.46. The van der Waals surface area contributed by atoms with E-state index in [0.29, 0.717) is 18.2 Å². The fraction of sp³-hybridized carbons (Fsp3) is 0.500. The lowest BCUT2D eigenvalue weighted by Gasteiger charge is -2.35. The summed E-state index contributed by atoms with van der Waals surface area (Å²) in [5, 5.41) is 14.4. The van der Waals surface area contributed by atoms with Crippen LogP contribution in [-0.2, 0) is 0 Å². The summed E-state index contributed by atoms with van der Waals surface area (Å²) in [4.78, 5) is 26.8. The van der Waals surface area contributed by atoms with E-state index in [9.17, 15) is 9.90 Å². The summed E-state index contributed by atoms with van der Waals surface area (Å²) in [6.07, 6.45) is 3.88. The third-order valence-electron chi connectivity index (χ3n) is 4.72. The second kappa shape index (κ2) is 6.45. The maximum absolute atomic E-state index is 12.0. The van der Waals surface area contributed by atoms with Gasteiger partial charge in [-0.15, -0.1) is 11.3 Å². The van der Waals surface area contributed by atoms with Gasteiger partial charge in [-0.05, 0) is 19.3 Å².